The van der Waals surface area contributed by atoms with Gasteiger partial charge in [0.15, 0.2) is 0 Å². The molecule has 0 saturated heterocycles. The van der Waals surface area contributed by atoms with Gasteiger partial charge in [0.25, 0.3) is 0 Å². The van der Waals surface area contributed by atoms with Crippen molar-refractivity contribution in [3.63, 3.8) is 0 Å². The van der Waals surface area contributed by atoms with Gasteiger partial charge in [0.1, 0.15) is 15.6 Å². The second-order valence-electron chi connectivity index (χ2n) is 3.48. The van der Waals surface area contributed by atoms with E-state index >= 15 is 0 Å². The maximum Gasteiger partial charge on any atom is 0.150 e. The summed E-state index contributed by atoms with van der Waals surface area (Å²) in [7, 11) is -2.84. The Labute approximate surface area is 86.8 Å². The SMILES string of the molecule is CCCC(=O)CCCCS(=O)(=O)CC. The second-order valence-corrected chi connectivity index (χ2v) is 5.95. The van der Waals surface area contributed by atoms with Gasteiger partial charge in [-0.3, -0.25) is 4.79 Å². The Hall–Kier alpha value is -0.380. The lowest BCUT2D eigenvalue weighted by Crippen LogP contribution is -2.09. The molecular formula is C10H20O3S. The minimum atomic E-state index is -2.84. The Morgan fingerprint density at radius 1 is 1.07 bits per heavy atom. The molecule has 0 aliphatic heterocycles. The molecule has 3 nitrogen and oxygen atoms in total. The van der Waals surface area contributed by atoms with Crippen molar-refractivity contribution in [2.75, 3.05) is 11.5 Å². The van der Waals surface area contributed by atoms with Gasteiger partial charge in [-0.05, 0) is 19.3 Å². The van der Waals surface area contributed by atoms with Crippen molar-refractivity contribution < 1.29 is 13.2 Å². The van der Waals surface area contributed by atoms with Gasteiger partial charge in [-0.2, -0.15) is 0 Å². The molecule has 0 rings (SSSR count). The molecule has 0 bridgehead atoms. The summed E-state index contributed by atoms with van der Waals surface area (Å²) in [5, 5.41) is 0. The number of hydrogen-bond donors (Lipinski definition) is 0. The van der Waals surface area contributed by atoms with Crippen molar-refractivity contribution in [3.05, 3.63) is 0 Å². The third-order valence-electron chi connectivity index (χ3n) is 2.13. The van der Waals surface area contributed by atoms with E-state index in [4.69, 9.17) is 0 Å². The summed E-state index contributed by atoms with van der Waals surface area (Å²) in [6.07, 6.45) is 3.36. The number of Topliss-reactive ketones (excluding diaryl/α,β-unsaturated/α-hetero) is 1. The number of sulfone groups is 1. The summed E-state index contributed by atoms with van der Waals surface area (Å²) in [5.74, 6) is 0.681. The molecule has 84 valence electrons. The summed E-state index contributed by atoms with van der Waals surface area (Å²) >= 11 is 0. The quantitative estimate of drug-likeness (QED) is 0.588. The average molecular weight is 220 g/mol. The van der Waals surface area contributed by atoms with Gasteiger partial charge in [0.2, 0.25) is 0 Å². The van der Waals surface area contributed by atoms with Crippen LogP contribution >= 0.6 is 0 Å². The first-order chi connectivity index (χ1) is 6.52. The number of unbranched alkanes of at least 4 members (excludes halogenated alkanes) is 1. The zero-order valence-electron chi connectivity index (χ0n) is 9.08. The van der Waals surface area contributed by atoms with Gasteiger partial charge in [-0.25, -0.2) is 8.42 Å². The van der Waals surface area contributed by atoms with Crippen LogP contribution in [0.1, 0.15) is 46.0 Å². The topological polar surface area (TPSA) is 51.2 Å². The predicted octanol–water partition coefficient (Wildman–Crippen LogP) is 1.96. The molecule has 0 atom stereocenters. The van der Waals surface area contributed by atoms with E-state index in [1.807, 2.05) is 6.92 Å². The van der Waals surface area contributed by atoms with Crippen LogP contribution in [-0.4, -0.2) is 25.7 Å². The molecule has 0 amide bonds. The third-order valence-corrected chi connectivity index (χ3v) is 3.92. The van der Waals surface area contributed by atoms with Crippen LogP contribution in [0.5, 0.6) is 0 Å². The molecule has 0 aromatic carbocycles. The standard InChI is InChI=1S/C10H20O3S/c1-3-7-10(11)8-5-6-9-14(12,13)4-2/h3-9H2,1-2H3. The summed E-state index contributed by atoms with van der Waals surface area (Å²) < 4.78 is 22.2. The Morgan fingerprint density at radius 2 is 1.71 bits per heavy atom. The summed E-state index contributed by atoms with van der Waals surface area (Å²) in [6.45, 7) is 3.62. The van der Waals surface area contributed by atoms with Crippen molar-refractivity contribution in [2.45, 2.75) is 46.0 Å². The first-order valence-corrected chi connectivity index (χ1v) is 7.06. The Balaban J connectivity index is 3.52. The maximum atomic E-state index is 11.1. The molecule has 0 fully saturated rings. The highest BCUT2D eigenvalue weighted by molar-refractivity contribution is 7.91. The fourth-order valence-electron chi connectivity index (χ4n) is 1.19. The van der Waals surface area contributed by atoms with Gasteiger partial charge < -0.3 is 0 Å². The van der Waals surface area contributed by atoms with Crippen molar-refractivity contribution in [3.8, 4) is 0 Å². The summed E-state index contributed by atoms with van der Waals surface area (Å²) in [5.41, 5.74) is 0. The minimum absolute atomic E-state index is 0.204. The second kappa shape index (κ2) is 6.98. The first kappa shape index (κ1) is 13.6. The number of carbonyl (C=O) groups is 1. The Morgan fingerprint density at radius 3 is 2.21 bits per heavy atom. The van der Waals surface area contributed by atoms with Gasteiger partial charge in [0, 0.05) is 18.6 Å². The highest BCUT2D eigenvalue weighted by Crippen LogP contribution is 2.03. The van der Waals surface area contributed by atoms with Crippen LogP contribution in [0.4, 0.5) is 0 Å². The van der Waals surface area contributed by atoms with Gasteiger partial charge >= 0.3 is 0 Å². The highest BCUT2D eigenvalue weighted by Gasteiger charge is 2.07. The lowest BCUT2D eigenvalue weighted by molar-refractivity contribution is -0.119. The van der Waals surface area contributed by atoms with Gasteiger partial charge in [-0.1, -0.05) is 13.8 Å². The van der Waals surface area contributed by atoms with Crippen LogP contribution in [-0.2, 0) is 14.6 Å². The van der Waals surface area contributed by atoms with E-state index in [0.717, 1.165) is 6.42 Å². The number of rotatable bonds is 8. The van der Waals surface area contributed by atoms with Crippen molar-refractivity contribution in [1.29, 1.82) is 0 Å². The lowest BCUT2D eigenvalue weighted by atomic mass is 10.1. The van der Waals surface area contributed by atoms with Gasteiger partial charge in [-0.15, -0.1) is 0 Å². The fraction of sp³-hybridized carbons (Fsp3) is 0.900. The highest BCUT2D eigenvalue weighted by atomic mass is 32.2. The summed E-state index contributed by atoms with van der Waals surface area (Å²) in [6, 6.07) is 0. The van der Waals surface area contributed by atoms with Crippen molar-refractivity contribution >= 4 is 15.6 Å². The van der Waals surface area contributed by atoms with Crippen LogP contribution < -0.4 is 0 Å². The van der Waals surface area contributed by atoms with Gasteiger partial charge in [0.05, 0.1) is 5.75 Å². The lowest BCUT2D eigenvalue weighted by Gasteiger charge is -2.00. The smallest absolute Gasteiger partial charge is 0.150 e. The predicted molar refractivity (Wildman–Crippen MR) is 58.1 cm³/mol. The molecule has 0 aromatic rings. The van der Waals surface area contributed by atoms with E-state index in [2.05, 4.69) is 0 Å². The molecule has 0 N–H and O–H groups in total. The third kappa shape index (κ3) is 7.06. The molecule has 0 saturated carbocycles. The number of carbonyl (C=O) groups excluding carboxylic acids is 1. The zero-order chi connectivity index (χ0) is 11.0. The molecule has 0 spiro atoms. The van der Waals surface area contributed by atoms with E-state index in [1.54, 1.807) is 6.92 Å². The number of hydrogen-bond acceptors (Lipinski definition) is 3. The maximum absolute atomic E-state index is 11.1. The largest absolute Gasteiger partial charge is 0.300 e. The van der Waals surface area contributed by atoms with E-state index in [9.17, 15) is 13.2 Å². The van der Waals surface area contributed by atoms with Crippen molar-refractivity contribution in [1.82, 2.24) is 0 Å². The Kier molecular flexibility index (Phi) is 6.79. The van der Waals surface area contributed by atoms with Crippen LogP contribution in [0.3, 0.4) is 0 Å². The van der Waals surface area contributed by atoms with Crippen LogP contribution in [0.25, 0.3) is 0 Å². The molecule has 4 heteroatoms. The van der Waals surface area contributed by atoms with E-state index < -0.39 is 9.84 Å². The molecule has 0 radical (unpaired) electrons. The van der Waals surface area contributed by atoms with Crippen LogP contribution in [0, 0.1) is 0 Å². The monoisotopic (exact) mass is 220 g/mol. The summed E-state index contributed by atoms with van der Waals surface area (Å²) in [4.78, 5) is 11.1. The normalized spacial score (nSPS) is 11.6. The van der Waals surface area contributed by atoms with Crippen LogP contribution in [0.15, 0.2) is 0 Å². The molecule has 0 aliphatic carbocycles. The zero-order valence-corrected chi connectivity index (χ0v) is 9.90. The van der Waals surface area contributed by atoms with E-state index in [0.29, 0.717) is 25.7 Å². The molecule has 0 aliphatic rings. The minimum Gasteiger partial charge on any atom is -0.300 e. The molecule has 0 heterocycles. The molecular weight excluding hydrogens is 200 g/mol. The number of ketones is 1. The van der Waals surface area contributed by atoms with Crippen LogP contribution in [0.2, 0.25) is 0 Å². The molecule has 0 aromatic heterocycles. The van der Waals surface area contributed by atoms with Crippen molar-refractivity contribution in [2.24, 2.45) is 0 Å². The molecule has 14 heavy (non-hydrogen) atoms. The Bertz CT molecular complexity index is 255. The average Bonchev–Trinajstić information content (AvgIpc) is 2.13. The first-order valence-electron chi connectivity index (χ1n) is 5.24. The fourth-order valence-corrected chi connectivity index (χ4v) is 2.12. The molecule has 0 unspecified atom stereocenters. The van der Waals surface area contributed by atoms with E-state index in [1.165, 1.54) is 0 Å². The van der Waals surface area contributed by atoms with E-state index in [-0.39, 0.29) is 17.3 Å².